The van der Waals surface area contributed by atoms with Gasteiger partial charge < -0.3 is 14.7 Å². The van der Waals surface area contributed by atoms with E-state index in [0.717, 1.165) is 31.6 Å². The van der Waals surface area contributed by atoms with Gasteiger partial charge in [0.1, 0.15) is 5.54 Å². The predicted molar refractivity (Wildman–Crippen MR) is 92.0 cm³/mol. The molecule has 2 fully saturated rings. The van der Waals surface area contributed by atoms with Crippen molar-refractivity contribution in [3.05, 3.63) is 30.3 Å². The Morgan fingerprint density at radius 3 is 2.23 bits per heavy atom. The molecule has 0 saturated carbocycles. The zero-order valence-electron chi connectivity index (χ0n) is 13.2. The van der Waals surface area contributed by atoms with Crippen LogP contribution in [0.5, 0.6) is 0 Å². The minimum Gasteiger partial charge on any atom is -0.339 e. The largest absolute Gasteiger partial charge is 0.339 e. The summed E-state index contributed by atoms with van der Waals surface area (Å²) in [4.78, 5) is 19.5. The number of rotatable bonds is 2. The van der Waals surface area contributed by atoms with Crippen molar-refractivity contribution in [1.82, 2.24) is 9.80 Å². The molecule has 0 aromatic heterocycles. The van der Waals surface area contributed by atoms with E-state index in [4.69, 9.17) is 0 Å². The normalized spacial score (nSPS) is 21.5. The molecular formula is C18H29N3O. The molecule has 2 aliphatic rings. The van der Waals surface area contributed by atoms with Crippen molar-refractivity contribution in [1.29, 1.82) is 0 Å². The zero-order valence-corrected chi connectivity index (χ0v) is 13.2. The average Bonchev–Trinajstić information content (AvgIpc) is 2.74. The van der Waals surface area contributed by atoms with Crippen molar-refractivity contribution >= 4 is 11.6 Å². The van der Waals surface area contributed by atoms with Crippen LogP contribution in [0.15, 0.2) is 30.3 Å². The van der Waals surface area contributed by atoms with Gasteiger partial charge in [0.2, 0.25) is 5.91 Å². The molecule has 122 valence electrons. The van der Waals surface area contributed by atoms with Crippen molar-refractivity contribution < 1.29 is 4.79 Å². The number of para-hydroxylation sites is 1. The molecule has 2 saturated heterocycles. The molecule has 1 amide bonds. The third kappa shape index (κ3) is 2.60. The summed E-state index contributed by atoms with van der Waals surface area (Å²) in [6.07, 6.45) is 1.84. The minimum absolute atomic E-state index is 0. The Balaban J connectivity index is 0.00000176. The highest BCUT2D eigenvalue weighted by atomic mass is 16.2. The summed E-state index contributed by atoms with van der Waals surface area (Å²) in [6, 6.07) is 10.9. The van der Waals surface area contributed by atoms with Crippen molar-refractivity contribution in [3.63, 3.8) is 0 Å². The zero-order chi connectivity index (χ0) is 15.0. The van der Waals surface area contributed by atoms with Gasteiger partial charge in [-0.3, -0.25) is 4.79 Å². The number of carbonyl (C=O) groups excluding carboxylic acids is 1. The van der Waals surface area contributed by atoms with E-state index in [9.17, 15) is 4.79 Å². The van der Waals surface area contributed by atoms with Gasteiger partial charge in [0.05, 0.1) is 6.67 Å². The van der Waals surface area contributed by atoms with Gasteiger partial charge in [0, 0.05) is 31.9 Å². The van der Waals surface area contributed by atoms with E-state index in [1.165, 1.54) is 0 Å². The van der Waals surface area contributed by atoms with Crippen LogP contribution >= 0.6 is 0 Å². The fraction of sp³-hybridized carbons (Fsp3) is 0.611. The molecule has 4 heteroatoms. The van der Waals surface area contributed by atoms with Crippen LogP contribution in [0, 0.1) is 0 Å². The smallest absolute Gasteiger partial charge is 0.249 e. The first-order valence-corrected chi connectivity index (χ1v) is 7.87. The fourth-order valence-electron chi connectivity index (χ4n) is 3.71. The number of anilines is 1. The molecule has 0 N–H and O–H groups in total. The molecule has 0 aliphatic carbocycles. The molecule has 0 radical (unpaired) electrons. The van der Waals surface area contributed by atoms with Gasteiger partial charge in [-0.15, -0.1) is 0 Å². The maximum absolute atomic E-state index is 12.8. The molecule has 0 bridgehead atoms. The first kappa shape index (κ1) is 16.8. The fourth-order valence-corrected chi connectivity index (χ4v) is 3.71. The van der Waals surface area contributed by atoms with Gasteiger partial charge in [-0.05, 0) is 38.8 Å². The first-order chi connectivity index (χ1) is 10.0. The summed E-state index contributed by atoms with van der Waals surface area (Å²) in [5.41, 5.74) is 0.829. The Morgan fingerprint density at radius 1 is 1.09 bits per heavy atom. The molecule has 22 heavy (non-hydrogen) atoms. The number of likely N-dealkylation sites (N-methyl/N-ethyl adjacent to an activating group) is 1. The number of amides is 1. The summed E-state index contributed by atoms with van der Waals surface area (Å²) in [6.45, 7) is 7.16. The summed E-state index contributed by atoms with van der Waals surface area (Å²) in [5, 5.41) is 0. The van der Waals surface area contributed by atoms with E-state index in [0.29, 0.717) is 12.7 Å². The minimum atomic E-state index is -0.332. The molecule has 1 aromatic carbocycles. The van der Waals surface area contributed by atoms with E-state index >= 15 is 0 Å². The SMILES string of the molecule is C.CC(C)N1CCC2(CC1)C(=O)N(C)CN2c1ccccc1. The van der Waals surface area contributed by atoms with E-state index in [1.54, 1.807) is 0 Å². The van der Waals surface area contributed by atoms with Crippen molar-refractivity contribution in [2.24, 2.45) is 0 Å². The predicted octanol–water partition coefficient (Wildman–Crippen LogP) is 2.80. The molecule has 1 spiro atoms. The molecular weight excluding hydrogens is 274 g/mol. The van der Waals surface area contributed by atoms with E-state index in [2.05, 4.69) is 47.9 Å². The molecule has 1 aromatic rings. The lowest BCUT2D eigenvalue weighted by atomic mass is 9.85. The Kier molecular flexibility index (Phi) is 4.81. The summed E-state index contributed by atoms with van der Waals surface area (Å²) < 4.78 is 0. The number of piperidine rings is 1. The Labute approximate surface area is 134 Å². The Bertz CT molecular complexity index is 506. The van der Waals surface area contributed by atoms with Gasteiger partial charge in [-0.1, -0.05) is 25.6 Å². The molecule has 0 atom stereocenters. The summed E-state index contributed by atoms with van der Waals surface area (Å²) in [5.74, 6) is 0.287. The second kappa shape index (κ2) is 6.29. The van der Waals surface area contributed by atoms with Crippen molar-refractivity contribution in [2.45, 2.75) is 45.7 Å². The van der Waals surface area contributed by atoms with Crippen LogP contribution in [0.1, 0.15) is 34.1 Å². The quantitative estimate of drug-likeness (QED) is 0.840. The number of likely N-dealkylation sites (tertiary alicyclic amines) is 1. The average molecular weight is 303 g/mol. The monoisotopic (exact) mass is 303 g/mol. The summed E-state index contributed by atoms with van der Waals surface area (Å²) >= 11 is 0. The third-order valence-electron chi connectivity index (χ3n) is 5.04. The second-order valence-corrected chi connectivity index (χ2v) is 6.57. The molecule has 0 unspecified atom stereocenters. The maximum Gasteiger partial charge on any atom is 0.249 e. The van der Waals surface area contributed by atoms with Gasteiger partial charge in [-0.2, -0.15) is 0 Å². The molecule has 3 rings (SSSR count). The van der Waals surface area contributed by atoms with Crippen LogP contribution in [0.25, 0.3) is 0 Å². The second-order valence-electron chi connectivity index (χ2n) is 6.57. The number of benzene rings is 1. The standard InChI is InChI=1S/C17H25N3O.CH4/c1-14(2)19-11-9-17(10-12-19)16(21)18(3)13-20(17)15-7-5-4-6-8-15;/h4-8,14H,9-13H2,1-3H3;1H4. The number of carbonyl (C=O) groups is 1. The van der Waals surface area contributed by atoms with Crippen LogP contribution < -0.4 is 4.90 Å². The highest BCUT2D eigenvalue weighted by molar-refractivity contribution is 5.93. The molecule has 2 heterocycles. The lowest BCUT2D eigenvalue weighted by Gasteiger charge is -2.44. The van der Waals surface area contributed by atoms with Crippen LogP contribution in [-0.4, -0.2) is 54.1 Å². The van der Waals surface area contributed by atoms with E-state index in [-0.39, 0.29) is 18.9 Å². The first-order valence-electron chi connectivity index (χ1n) is 7.87. The highest BCUT2D eigenvalue weighted by Crippen LogP contribution is 2.39. The maximum atomic E-state index is 12.8. The Morgan fingerprint density at radius 2 is 1.68 bits per heavy atom. The van der Waals surface area contributed by atoms with E-state index < -0.39 is 0 Å². The topological polar surface area (TPSA) is 26.8 Å². The third-order valence-corrected chi connectivity index (χ3v) is 5.04. The van der Waals surface area contributed by atoms with Gasteiger partial charge >= 0.3 is 0 Å². The lowest BCUT2D eigenvalue weighted by molar-refractivity contribution is -0.132. The van der Waals surface area contributed by atoms with Crippen molar-refractivity contribution in [2.75, 3.05) is 31.7 Å². The van der Waals surface area contributed by atoms with Crippen LogP contribution in [0.4, 0.5) is 5.69 Å². The van der Waals surface area contributed by atoms with Gasteiger partial charge in [0.15, 0.2) is 0 Å². The number of nitrogens with zero attached hydrogens (tertiary/aromatic N) is 3. The lowest BCUT2D eigenvalue weighted by Crippen LogP contribution is -2.57. The molecule has 4 nitrogen and oxygen atoms in total. The number of hydrogen-bond acceptors (Lipinski definition) is 3. The number of hydrogen-bond donors (Lipinski definition) is 0. The molecule has 2 aliphatic heterocycles. The van der Waals surface area contributed by atoms with Crippen LogP contribution in [0.2, 0.25) is 0 Å². The van der Waals surface area contributed by atoms with Crippen LogP contribution in [-0.2, 0) is 4.79 Å². The van der Waals surface area contributed by atoms with E-state index in [1.807, 2.05) is 18.0 Å². The Hall–Kier alpha value is -1.55. The van der Waals surface area contributed by atoms with Gasteiger partial charge in [0.25, 0.3) is 0 Å². The van der Waals surface area contributed by atoms with Crippen molar-refractivity contribution in [3.8, 4) is 0 Å². The highest BCUT2D eigenvalue weighted by Gasteiger charge is 2.52. The van der Waals surface area contributed by atoms with Crippen LogP contribution in [0.3, 0.4) is 0 Å². The van der Waals surface area contributed by atoms with Gasteiger partial charge in [-0.25, -0.2) is 0 Å². The summed E-state index contributed by atoms with van der Waals surface area (Å²) in [7, 11) is 1.92.